The first kappa shape index (κ1) is 16.9. The monoisotopic (exact) mass is 298 g/mol. The van der Waals surface area contributed by atoms with Crippen LogP contribution in [0.5, 0.6) is 5.75 Å². The van der Waals surface area contributed by atoms with Crippen LogP contribution in [0.1, 0.15) is 16.8 Å². The van der Waals surface area contributed by atoms with Gasteiger partial charge in [-0.1, -0.05) is 6.07 Å². The van der Waals surface area contributed by atoms with Gasteiger partial charge in [-0.2, -0.15) is 0 Å². The number of nitro groups is 1. The van der Waals surface area contributed by atoms with E-state index in [1.165, 1.54) is 25.3 Å². The Labute approximate surface area is 121 Å². The maximum Gasteiger partial charge on any atom is 0.285 e. The van der Waals surface area contributed by atoms with Crippen LogP contribution in [0.2, 0.25) is 0 Å². The van der Waals surface area contributed by atoms with Gasteiger partial charge >= 0.3 is 0 Å². The lowest BCUT2D eigenvalue weighted by molar-refractivity contribution is -0.385. The van der Waals surface area contributed by atoms with Crippen molar-refractivity contribution in [3.63, 3.8) is 0 Å². The van der Waals surface area contributed by atoms with Gasteiger partial charge in [0, 0.05) is 19.2 Å². The number of carbonyl (C=O) groups is 1. The first-order valence-corrected chi connectivity index (χ1v) is 6.40. The molecule has 0 saturated heterocycles. The Balaban J connectivity index is 2.66. The van der Waals surface area contributed by atoms with Crippen LogP contribution in [0.3, 0.4) is 0 Å². The third-order valence-electron chi connectivity index (χ3n) is 2.63. The quantitative estimate of drug-likeness (QED) is 0.395. The number of rotatable bonds is 9. The van der Waals surface area contributed by atoms with Gasteiger partial charge in [0.1, 0.15) is 5.75 Å². The predicted octanol–water partition coefficient (Wildman–Crippen LogP) is 0.732. The lowest BCUT2D eigenvalue weighted by Gasteiger charge is -2.09. The van der Waals surface area contributed by atoms with Crippen molar-refractivity contribution in [2.45, 2.75) is 6.42 Å². The number of aliphatic hydroxyl groups is 1. The van der Waals surface area contributed by atoms with Crippen LogP contribution < -0.4 is 10.1 Å². The number of nitrogens with zero attached hydrogens (tertiary/aromatic N) is 1. The lowest BCUT2D eigenvalue weighted by Crippen LogP contribution is -2.26. The van der Waals surface area contributed by atoms with E-state index < -0.39 is 10.8 Å². The van der Waals surface area contributed by atoms with Crippen molar-refractivity contribution in [1.82, 2.24) is 5.32 Å². The van der Waals surface area contributed by atoms with Gasteiger partial charge in [0.05, 0.1) is 25.2 Å². The summed E-state index contributed by atoms with van der Waals surface area (Å²) >= 11 is 0. The number of nitro benzene ring substituents is 1. The molecule has 0 aliphatic carbocycles. The fourth-order valence-electron chi connectivity index (χ4n) is 1.70. The third kappa shape index (κ3) is 5.01. The minimum atomic E-state index is -0.623. The minimum Gasteiger partial charge on any atom is -0.496 e. The van der Waals surface area contributed by atoms with Crippen molar-refractivity contribution in [3.05, 3.63) is 33.9 Å². The van der Waals surface area contributed by atoms with Crippen molar-refractivity contribution in [1.29, 1.82) is 0 Å². The average molecular weight is 298 g/mol. The van der Waals surface area contributed by atoms with Gasteiger partial charge in [-0.15, -0.1) is 0 Å². The molecule has 0 heterocycles. The van der Waals surface area contributed by atoms with Gasteiger partial charge < -0.3 is 19.9 Å². The SMILES string of the molecule is COc1cccc([N+](=O)[O-])c1C(=O)NCCCOCCO. The number of carbonyl (C=O) groups excluding carboxylic acids is 1. The van der Waals surface area contributed by atoms with Crippen LogP contribution in [0.25, 0.3) is 0 Å². The van der Waals surface area contributed by atoms with Gasteiger partial charge in [0.2, 0.25) is 0 Å². The maximum atomic E-state index is 12.1. The smallest absolute Gasteiger partial charge is 0.285 e. The molecule has 1 aromatic rings. The van der Waals surface area contributed by atoms with Crippen LogP contribution >= 0.6 is 0 Å². The summed E-state index contributed by atoms with van der Waals surface area (Å²) in [4.78, 5) is 22.4. The second-order valence-corrected chi connectivity index (χ2v) is 4.06. The number of amides is 1. The molecule has 0 saturated carbocycles. The molecule has 0 aliphatic rings. The van der Waals surface area contributed by atoms with Crippen molar-refractivity contribution in [3.8, 4) is 5.75 Å². The van der Waals surface area contributed by atoms with Crippen LogP contribution in [0.4, 0.5) is 5.69 Å². The molecule has 21 heavy (non-hydrogen) atoms. The fourth-order valence-corrected chi connectivity index (χ4v) is 1.70. The van der Waals surface area contributed by atoms with Crippen LogP contribution in [-0.4, -0.2) is 49.4 Å². The fraction of sp³-hybridized carbons (Fsp3) is 0.462. The summed E-state index contributed by atoms with van der Waals surface area (Å²) in [6.45, 7) is 0.875. The van der Waals surface area contributed by atoms with E-state index in [4.69, 9.17) is 14.6 Å². The molecule has 116 valence electrons. The minimum absolute atomic E-state index is 0.0558. The third-order valence-corrected chi connectivity index (χ3v) is 2.63. The number of nitrogens with one attached hydrogen (secondary N) is 1. The summed E-state index contributed by atoms with van der Waals surface area (Å²) in [6.07, 6.45) is 0.536. The zero-order valence-electron chi connectivity index (χ0n) is 11.7. The molecule has 0 atom stereocenters. The summed E-state index contributed by atoms with van der Waals surface area (Å²) in [5.74, 6) is -0.417. The summed E-state index contributed by atoms with van der Waals surface area (Å²) in [5, 5.41) is 22.1. The highest BCUT2D eigenvalue weighted by atomic mass is 16.6. The Morgan fingerprint density at radius 1 is 1.43 bits per heavy atom. The lowest BCUT2D eigenvalue weighted by atomic mass is 10.1. The zero-order valence-corrected chi connectivity index (χ0v) is 11.7. The predicted molar refractivity (Wildman–Crippen MR) is 74.5 cm³/mol. The van der Waals surface area contributed by atoms with E-state index in [1.807, 2.05) is 0 Å². The molecule has 8 heteroatoms. The number of benzene rings is 1. The van der Waals surface area contributed by atoms with E-state index in [0.717, 1.165) is 0 Å². The normalized spacial score (nSPS) is 10.2. The molecule has 2 N–H and O–H groups in total. The van der Waals surface area contributed by atoms with E-state index in [-0.39, 0.29) is 30.2 Å². The molecule has 1 amide bonds. The Morgan fingerprint density at radius 3 is 2.81 bits per heavy atom. The average Bonchev–Trinajstić information content (AvgIpc) is 2.49. The molecule has 0 spiro atoms. The highest BCUT2D eigenvalue weighted by Gasteiger charge is 2.24. The molecule has 0 unspecified atom stereocenters. The Morgan fingerprint density at radius 2 is 2.19 bits per heavy atom. The topological polar surface area (TPSA) is 111 Å². The molecule has 1 rings (SSSR count). The largest absolute Gasteiger partial charge is 0.496 e. The Hall–Kier alpha value is -2.19. The molecule has 0 radical (unpaired) electrons. The standard InChI is InChI=1S/C13H18N2O6/c1-20-11-5-2-4-10(15(18)19)12(11)13(17)14-6-3-8-21-9-7-16/h2,4-5,16H,3,6-9H2,1H3,(H,14,17). The molecule has 0 aromatic heterocycles. The molecular formula is C13H18N2O6. The molecule has 1 aromatic carbocycles. The Bertz CT molecular complexity index is 492. The zero-order chi connectivity index (χ0) is 15.7. The molecule has 0 aliphatic heterocycles. The van der Waals surface area contributed by atoms with E-state index >= 15 is 0 Å². The second kappa shape index (κ2) is 8.88. The van der Waals surface area contributed by atoms with Gasteiger partial charge in [0.25, 0.3) is 11.6 Å². The molecular weight excluding hydrogens is 280 g/mol. The van der Waals surface area contributed by atoms with Crippen LogP contribution in [-0.2, 0) is 4.74 Å². The molecule has 0 fully saturated rings. The first-order chi connectivity index (χ1) is 10.1. The van der Waals surface area contributed by atoms with Gasteiger partial charge in [-0.3, -0.25) is 14.9 Å². The summed E-state index contributed by atoms with van der Waals surface area (Å²) in [6, 6.07) is 4.20. The highest BCUT2D eigenvalue weighted by Crippen LogP contribution is 2.27. The first-order valence-electron chi connectivity index (χ1n) is 6.40. The van der Waals surface area contributed by atoms with Crippen molar-refractivity contribution < 1.29 is 24.3 Å². The summed E-state index contributed by atoms with van der Waals surface area (Å²) in [7, 11) is 1.35. The number of methoxy groups -OCH3 is 1. The van der Waals surface area contributed by atoms with Crippen molar-refractivity contribution in [2.24, 2.45) is 0 Å². The molecule has 8 nitrogen and oxygen atoms in total. The maximum absolute atomic E-state index is 12.1. The second-order valence-electron chi connectivity index (χ2n) is 4.06. The van der Waals surface area contributed by atoms with E-state index in [0.29, 0.717) is 19.6 Å². The number of aliphatic hydroxyl groups excluding tert-OH is 1. The number of hydrogen-bond donors (Lipinski definition) is 2. The summed E-state index contributed by atoms with van der Waals surface area (Å²) in [5.41, 5.74) is -0.398. The van der Waals surface area contributed by atoms with E-state index in [9.17, 15) is 14.9 Å². The van der Waals surface area contributed by atoms with Crippen molar-refractivity contribution in [2.75, 3.05) is 33.5 Å². The van der Waals surface area contributed by atoms with Gasteiger partial charge in [-0.05, 0) is 12.5 Å². The number of ether oxygens (including phenoxy) is 2. The summed E-state index contributed by atoms with van der Waals surface area (Å²) < 4.78 is 10.0. The number of hydrogen-bond acceptors (Lipinski definition) is 6. The van der Waals surface area contributed by atoms with E-state index in [1.54, 1.807) is 0 Å². The molecule has 0 bridgehead atoms. The van der Waals surface area contributed by atoms with E-state index in [2.05, 4.69) is 5.32 Å². The van der Waals surface area contributed by atoms with Crippen molar-refractivity contribution >= 4 is 11.6 Å². The Kier molecular flexibility index (Phi) is 7.13. The van der Waals surface area contributed by atoms with Gasteiger partial charge in [0.15, 0.2) is 5.56 Å². The highest BCUT2D eigenvalue weighted by molar-refractivity contribution is 6.00. The van der Waals surface area contributed by atoms with Crippen LogP contribution in [0, 0.1) is 10.1 Å². The van der Waals surface area contributed by atoms with Crippen LogP contribution in [0.15, 0.2) is 18.2 Å². The van der Waals surface area contributed by atoms with Gasteiger partial charge in [-0.25, -0.2) is 0 Å².